The summed E-state index contributed by atoms with van der Waals surface area (Å²) in [7, 11) is 1.84. The van der Waals surface area contributed by atoms with Crippen molar-refractivity contribution in [2.24, 2.45) is 0 Å². The van der Waals surface area contributed by atoms with E-state index in [9.17, 15) is 4.79 Å². The smallest absolute Gasteiger partial charge is 0.321 e. The molecule has 0 saturated carbocycles. The van der Waals surface area contributed by atoms with Gasteiger partial charge in [-0.2, -0.15) is 0 Å². The fourth-order valence-corrected chi connectivity index (χ4v) is 1.86. The molecule has 0 saturated heterocycles. The molecule has 0 aromatic heterocycles. The Kier molecular flexibility index (Phi) is 5.69. The highest BCUT2D eigenvalue weighted by molar-refractivity contribution is 5.89. The van der Waals surface area contributed by atoms with Crippen molar-refractivity contribution in [2.45, 2.75) is 40.0 Å². The van der Waals surface area contributed by atoms with Gasteiger partial charge in [-0.25, -0.2) is 4.79 Å². The lowest BCUT2D eigenvalue weighted by Crippen LogP contribution is -2.32. The number of hydrogen-bond donors (Lipinski definition) is 1. The van der Waals surface area contributed by atoms with Gasteiger partial charge in [0.05, 0.1) is 0 Å². The van der Waals surface area contributed by atoms with Crippen LogP contribution in [0.15, 0.2) is 18.2 Å². The number of nitrogens with zero attached hydrogens (tertiary/aromatic N) is 1. The third-order valence-corrected chi connectivity index (χ3v) is 3.07. The minimum Gasteiger partial charge on any atom is -0.328 e. The molecular weight excluding hydrogens is 224 g/mol. The van der Waals surface area contributed by atoms with Gasteiger partial charge >= 0.3 is 6.03 Å². The molecular formula is C15H24N2O. The molecule has 1 rings (SSSR count). The van der Waals surface area contributed by atoms with Gasteiger partial charge in [0, 0.05) is 19.3 Å². The van der Waals surface area contributed by atoms with E-state index in [1.54, 1.807) is 4.90 Å². The van der Waals surface area contributed by atoms with Crippen LogP contribution >= 0.6 is 0 Å². The number of benzene rings is 1. The zero-order chi connectivity index (χ0) is 13.5. The molecule has 1 N–H and O–H groups in total. The predicted octanol–water partition coefficient (Wildman–Crippen LogP) is 3.96. The van der Waals surface area contributed by atoms with Crippen molar-refractivity contribution in [2.75, 3.05) is 18.9 Å². The number of aryl methyl sites for hydroxylation is 2. The topological polar surface area (TPSA) is 32.3 Å². The molecule has 0 bridgehead atoms. The Morgan fingerprint density at radius 2 is 2.00 bits per heavy atom. The van der Waals surface area contributed by atoms with E-state index in [-0.39, 0.29) is 6.03 Å². The number of amides is 2. The van der Waals surface area contributed by atoms with Gasteiger partial charge in [-0.15, -0.1) is 0 Å². The second-order valence-electron chi connectivity index (χ2n) is 4.88. The molecule has 0 aliphatic rings. The molecule has 0 spiro atoms. The minimum absolute atomic E-state index is 0.0296. The molecule has 0 unspecified atom stereocenters. The first-order valence-corrected chi connectivity index (χ1v) is 6.64. The van der Waals surface area contributed by atoms with Gasteiger partial charge < -0.3 is 10.2 Å². The standard InChI is InChI=1S/C15H24N2O/c1-5-6-7-10-17(4)15(18)16-14-9-8-12(2)11-13(14)3/h8-9,11H,5-7,10H2,1-4H3,(H,16,18). The average Bonchev–Trinajstić information content (AvgIpc) is 2.32. The summed E-state index contributed by atoms with van der Waals surface area (Å²) in [6.45, 7) is 7.04. The van der Waals surface area contributed by atoms with Crippen molar-refractivity contribution >= 4 is 11.7 Å². The predicted molar refractivity (Wildman–Crippen MR) is 77.1 cm³/mol. The zero-order valence-corrected chi connectivity index (χ0v) is 11.9. The summed E-state index contributed by atoms with van der Waals surface area (Å²) >= 11 is 0. The maximum atomic E-state index is 12.0. The summed E-state index contributed by atoms with van der Waals surface area (Å²) < 4.78 is 0. The van der Waals surface area contributed by atoms with Crippen LogP contribution in [0.25, 0.3) is 0 Å². The maximum Gasteiger partial charge on any atom is 0.321 e. The van der Waals surface area contributed by atoms with Crippen LogP contribution < -0.4 is 5.32 Å². The highest BCUT2D eigenvalue weighted by Crippen LogP contribution is 2.16. The van der Waals surface area contributed by atoms with E-state index in [0.29, 0.717) is 0 Å². The van der Waals surface area contributed by atoms with Crippen molar-refractivity contribution in [3.63, 3.8) is 0 Å². The molecule has 2 amide bonds. The monoisotopic (exact) mass is 248 g/mol. The highest BCUT2D eigenvalue weighted by atomic mass is 16.2. The van der Waals surface area contributed by atoms with Crippen molar-refractivity contribution in [3.05, 3.63) is 29.3 Å². The van der Waals surface area contributed by atoms with Crippen LogP contribution in [0.5, 0.6) is 0 Å². The van der Waals surface area contributed by atoms with Crippen LogP contribution in [0, 0.1) is 13.8 Å². The van der Waals surface area contributed by atoms with Crippen molar-refractivity contribution in [3.8, 4) is 0 Å². The van der Waals surface area contributed by atoms with E-state index in [1.165, 1.54) is 18.4 Å². The molecule has 0 atom stereocenters. The van der Waals surface area contributed by atoms with Crippen LogP contribution in [0.3, 0.4) is 0 Å². The SMILES string of the molecule is CCCCCN(C)C(=O)Nc1ccc(C)cc1C. The summed E-state index contributed by atoms with van der Waals surface area (Å²) in [5.74, 6) is 0. The van der Waals surface area contributed by atoms with Crippen LogP contribution in [0.1, 0.15) is 37.3 Å². The quantitative estimate of drug-likeness (QED) is 0.786. The summed E-state index contributed by atoms with van der Waals surface area (Å²) in [6.07, 6.45) is 3.40. The lowest BCUT2D eigenvalue weighted by molar-refractivity contribution is 0.221. The average molecular weight is 248 g/mol. The second-order valence-corrected chi connectivity index (χ2v) is 4.88. The molecule has 0 radical (unpaired) electrons. The third kappa shape index (κ3) is 4.40. The number of unbranched alkanes of at least 4 members (excludes halogenated alkanes) is 2. The van der Waals surface area contributed by atoms with Gasteiger partial charge in [0.1, 0.15) is 0 Å². The van der Waals surface area contributed by atoms with Gasteiger partial charge in [0.15, 0.2) is 0 Å². The third-order valence-electron chi connectivity index (χ3n) is 3.07. The first kappa shape index (κ1) is 14.6. The van der Waals surface area contributed by atoms with E-state index in [4.69, 9.17) is 0 Å². The van der Waals surface area contributed by atoms with E-state index >= 15 is 0 Å². The second kappa shape index (κ2) is 7.04. The van der Waals surface area contributed by atoms with Gasteiger partial charge in [-0.1, -0.05) is 37.5 Å². The van der Waals surface area contributed by atoms with Crippen LogP contribution in [0.2, 0.25) is 0 Å². The first-order chi connectivity index (χ1) is 8.54. The Morgan fingerprint density at radius 3 is 2.61 bits per heavy atom. The number of urea groups is 1. The summed E-state index contributed by atoms with van der Waals surface area (Å²) in [5, 5.41) is 2.95. The van der Waals surface area contributed by atoms with Gasteiger partial charge in [0.25, 0.3) is 0 Å². The maximum absolute atomic E-state index is 12.0. The molecule has 1 aromatic rings. The summed E-state index contributed by atoms with van der Waals surface area (Å²) in [5.41, 5.74) is 3.21. The van der Waals surface area contributed by atoms with E-state index in [1.807, 2.05) is 26.1 Å². The number of hydrogen-bond acceptors (Lipinski definition) is 1. The minimum atomic E-state index is -0.0296. The Balaban J connectivity index is 2.53. The van der Waals surface area contributed by atoms with E-state index in [2.05, 4.69) is 25.2 Å². The first-order valence-electron chi connectivity index (χ1n) is 6.64. The molecule has 3 nitrogen and oxygen atoms in total. The van der Waals surface area contributed by atoms with Crippen LogP contribution in [-0.4, -0.2) is 24.5 Å². The molecule has 0 aliphatic heterocycles. The Morgan fingerprint density at radius 1 is 1.28 bits per heavy atom. The lowest BCUT2D eigenvalue weighted by Gasteiger charge is -2.18. The number of nitrogens with one attached hydrogen (secondary N) is 1. The number of rotatable bonds is 5. The molecule has 0 aliphatic carbocycles. The van der Waals surface area contributed by atoms with Gasteiger partial charge in [0.2, 0.25) is 0 Å². The lowest BCUT2D eigenvalue weighted by atomic mass is 10.1. The number of carbonyl (C=O) groups excluding carboxylic acids is 1. The normalized spacial score (nSPS) is 10.2. The number of anilines is 1. The molecule has 18 heavy (non-hydrogen) atoms. The largest absolute Gasteiger partial charge is 0.328 e. The summed E-state index contributed by atoms with van der Waals surface area (Å²) in [4.78, 5) is 13.7. The van der Waals surface area contributed by atoms with Crippen molar-refractivity contribution < 1.29 is 4.79 Å². The summed E-state index contributed by atoms with van der Waals surface area (Å²) in [6, 6.07) is 6.02. The Labute approximate surface area is 110 Å². The van der Waals surface area contributed by atoms with E-state index < -0.39 is 0 Å². The Hall–Kier alpha value is -1.51. The molecule has 0 heterocycles. The van der Waals surface area contributed by atoms with Crippen LogP contribution in [-0.2, 0) is 0 Å². The molecule has 0 fully saturated rings. The zero-order valence-electron chi connectivity index (χ0n) is 11.9. The molecule has 3 heteroatoms. The molecule has 100 valence electrons. The highest BCUT2D eigenvalue weighted by Gasteiger charge is 2.09. The van der Waals surface area contributed by atoms with Crippen molar-refractivity contribution in [1.29, 1.82) is 0 Å². The Bertz CT molecular complexity index is 401. The van der Waals surface area contributed by atoms with Crippen LogP contribution in [0.4, 0.5) is 10.5 Å². The van der Waals surface area contributed by atoms with Gasteiger partial charge in [-0.3, -0.25) is 0 Å². The van der Waals surface area contributed by atoms with Gasteiger partial charge in [-0.05, 0) is 31.9 Å². The number of carbonyl (C=O) groups is 1. The van der Waals surface area contributed by atoms with E-state index in [0.717, 1.165) is 24.2 Å². The fourth-order valence-electron chi connectivity index (χ4n) is 1.86. The fraction of sp³-hybridized carbons (Fsp3) is 0.533. The van der Waals surface area contributed by atoms with Crippen molar-refractivity contribution in [1.82, 2.24) is 4.90 Å². The molecule has 1 aromatic carbocycles.